The lowest BCUT2D eigenvalue weighted by molar-refractivity contribution is 0.332. The maximum Gasteiger partial charge on any atom is 0.240 e. The van der Waals surface area contributed by atoms with Crippen molar-refractivity contribution in [2.24, 2.45) is 5.14 Å². The minimum atomic E-state index is -4.20. The number of pyridine rings is 1. The molecule has 9 heteroatoms. The standard InChI is InChI=1S/C16H13F2N3O3S/c1-9-11(3-2-6-20-9)16-15(13(8-17)24-21-16)10-4-5-14(12(18)7-10)25(19,22)23/h2-7H,8H2,1H3,(H2,19,22,23). The number of nitrogens with two attached hydrogens (primary N) is 1. The van der Waals surface area contributed by atoms with Gasteiger partial charge in [-0.05, 0) is 36.8 Å². The molecule has 3 rings (SSSR count). The van der Waals surface area contributed by atoms with E-state index < -0.39 is 27.4 Å². The Hall–Kier alpha value is -2.65. The Bertz CT molecular complexity index is 1050. The maximum atomic E-state index is 14.2. The van der Waals surface area contributed by atoms with Crippen molar-refractivity contribution in [1.82, 2.24) is 10.1 Å². The first kappa shape index (κ1) is 17.2. The first-order chi connectivity index (χ1) is 11.8. The molecule has 0 aliphatic heterocycles. The zero-order valence-corrected chi connectivity index (χ0v) is 13.8. The van der Waals surface area contributed by atoms with Gasteiger partial charge in [-0.2, -0.15) is 0 Å². The number of hydrogen-bond donors (Lipinski definition) is 1. The van der Waals surface area contributed by atoms with E-state index in [1.54, 1.807) is 25.3 Å². The number of hydrogen-bond acceptors (Lipinski definition) is 5. The number of benzene rings is 1. The molecule has 130 valence electrons. The lowest BCUT2D eigenvalue weighted by atomic mass is 9.98. The lowest BCUT2D eigenvalue weighted by Gasteiger charge is -2.07. The van der Waals surface area contributed by atoms with Gasteiger partial charge < -0.3 is 4.52 Å². The van der Waals surface area contributed by atoms with Crippen LogP contribution in [0.4, 0.5) is 8.78 Å². The van der Waals surface area contributed by atoms with Crippen LogP contribution in [0.3, 0.4) is 0 Å². The molecule has 0 fully saturated rings. The Labute approximate surface area is 142 Å². The van der Waals surface area contributed by atoms with Crippen molar-refractivity contribution in [1.29, 1.82) is 0 Å². The van der Waals surface area contributed by atoms with Crippen molar-refractivity contribution in [3.63, 3.8) is 0 Å². The average Bonchev–Trinajstić information content (AvgIpc) is 2.97. The van der Waals surface area contributed by atoms with Gasteiger partial charge in [0.15, 0.2) is 12.4 Å². The third kappa shape index (κ3) is 3.15. The Balaban J connectivity index is 2.23. The third-order valence-electron chi connectivity index (χ3n) is 3.67. The number of sulfonamides is 1. The molecule has 0 bridgehead atoms. The molecule has 0 saturated heterocycles. The van der Waals surface area contributed by atoms with Crippen LogP contribution in [0, 0.1) is 12.7 Å². The van der Waals surface area contributed by atoms with E-state index in [4.69, 9.17) is 9.66 Å². The van der Waals surface area contributed by atoms with Crippen LogP contribution in [0.5, 0.6) is 0 Å². The first-order valence-corrected chi connectivity index (χ1v) is 8.66. The van der Waals surface area contributed by atoms with Crippen LogP contribution in [-0.4, -0.2) is 18.6 Å². The molecule has 0 unspecified atom stereocenters. The molecular weight excluding hydrogens is 352 g/mol. The normalized spacial score (nSPS) is 11.7. The van der Waals surface area contributed by atoms with Gasteiger partial charge in [0.1, 0.15) is 16.4 Å². The van der Waals surface area contributed by atoms with E-state index in [-0.39, 0.29) is 16.9 Å². The van der Waals surface area contributed by atoms with Crippen molar-refractivity contribution in [3.05, 3.63) is 53.8 Å². The number of nitrogens with zero attached hydrogens (tertiary/aromatic N) is 2. The highest BCUT2D eigenvalue weighted by Gasteiger charge is 2.23. The zero-order valence-electron chi connectivity index (χ0n) is 13.0. The fourth-order valence-electron chi connectivity index (χ4n) is 2.52. The monoisotopic (exact) mass is 365 g/mol. The summed E-state index contributed by atoms with van der Waals surface area (Å²) in [6, 6.07) is 6.71. The molecule has 0 radical (unpaired) electrons. The number of halogens is 2. The number of primary sulfonamides is 1. The summed E-state index contributed by atoms with van der Waals surface area (Å²) in [7, 11) is -4.20. The van der Waals surface area contributed by atoms with Crippen LogP contribution >= 0.6 is 0 Å². The van der Waals surface area contributed by atoms with Gasteiger partial charge in [0.05, 0.1) is 5.56 Å². The fourth-order valence-corrected chi connectivity index (χ4v) is 3.11. The summed E-state index contributed by atoms with van der Waals surface area (Å²) in [6.07, 6.45) is 1.59. The van der Waals surface area contributed by atoms with Crippen molar-refractivity contribution >= 4 is 10.0 Å². The van der Waals surface area contributed by atoms with E-state index in [0.29, 0.717) is 17.0 Å². The van der Waals surface area contributed by atoms with E-state index >= 15 is 0 Å². The smallest absolute Gasteiger partial charge is 0.240 e. The molecule has 1 aromatic carbocycles. The fraction of sp³-hybridized carbons (Fsp3) is 0.125. The van der Waals surface area contributed by atoms with E-state index in [1.807, 2.05) is 0 Å². The van der Waals surface area contributed by atoms with Gasteiger partial charge in [-0.15, -0.1) is 0 Å². The van der Waals surface area contributed by atoms with E-state index in [1.165, 1.54) is 6.07 Å². The van der Waals surface area contributed by atoms with Gasteiger partial charge in [0.2, 0.25) is 10.0 Å². The number of aromatic nitrogens is 2. The van der Waals surface area contributed by atoms with E-state index in [0.717, 1.165) is 12.1 Å². The number of rotatable bonds is 4. The molecule has 0 spiro atoms. The molecule has 25 heavy (non-hydrogen) atoms. The highest BCUT2D eigenvalue weighted by atomic mass is 32.2. The van der Waals surface area contributed by atoms with Crippen LogP contribution in [0.2, 0.25) is 0 Å². The van der Waals surface area contributed by atoms with Crippen molar-refractivity contribution in [2.45, 2.75) is 18.5 Å². The van der Waals surface area contributed by atoms with Crippen LogP contribution in [0.1, 0.15) is 11.5 Å². The average molecular weight is 365 g/mol. The molecule has 2 heterocycles. The molecule has 3 aromatic rings. The van der Waals surface area contributed by atoms with E-state index in [9.17, 15) is 17.2 Å². The molecule has 0 amide bonds. The van der Waals surface area contributed by atoms with Crippen molar-refractivity contribution in [2.75, 3.05) is 0 Å². The summed E-state index contributed by atoms with van der Waals surface area (Å²) < 4.78 is 55.2. The maximum absolute atomic E-state index is 14.2. The van der Waals surface area contributed by atoms with Crippen molar-refractivity contribution in [3.8, 4) is 22.4 Å². The van der Waals surface area contributed by atoms with Crippen LogP contribution in [0.15, 0.2) is 45.9 Å². The summed E-state index contributed by atoms with van der Waals surface area (Å²) in [5.41, 5.74) is 1.97. The second-order valence-electron chi connectivity index (χ2n) is 5.29. The molecule has 6 nitrogen and oxygen atoms in total. The third-order valence-corrected chi connectivity index (χ3v) is 4.62. The molecular formula is C16H13F2N3O3S. The summed E-state index contributed by atoms with van der Waals surface area (Å²) >= 11 is 0. The number of alkyl halides is 1. The summed E-state index contributed by atoms with van der Waals surface area (Å²) in [5, 5.41) is 8.83. The van der Waals surface area contributed by atoms with Gasteiger partial charge in [0.25, 0.3) is 0 Å². The van der Waals surface area contributed by atoms with Gasteiger partial charge >= 0.3 is 0 Å². The highest BCUT2D eigenvalue weighted by Crippen LogP contribution is 2.36. The minimum absolute atomic E-state index is 0.0963. The highest BCUT2D eigenvalue weighted by molar-refractivity contribution is 7.89. The molecule has 0 saturated carbocycles. The number of aryl methyl sites for hydroxylation is 1. The first-order valence-electron chi connectivity index (χ1n) is 7.12. The van der Waals surface area contributed by atoms with Gasteiger partial charge in [0, 0.05) is 17.5 Å². The molecule has 2 aromatic heterocycles. The van der Waals surface area contributed by atoms with Gasteiger partial charge in [-0.3, -0.25) is 4.98 Å². The lowest BCUT2D eigenvalue weighted by Crippen LogP contribution is -2.14. The van der Waals surface area contributed by atoms with Crippen molar-refractivity contribution < 1.29 is 21.7 Å². The van der Waals surface area contributed by atoms with E-state index in [2.05, 4.69) is 10.1 Å². The molecule has 2 N–H and O–H groups in total. The summed E-state index contributed by atoms with van der Waals surface area (Å²) in [6.45, 7) is 0.786. The second kappa shape index (κ2) is 6.34. The quantitative estimate of drug-likeness (QED) is 0.766. The Morgan fingerprint density at radius 2 is 2.04 bits per heavy atom. The predicted molar refractivity (Wildman–Crippen MR) is 86.1 cm³/mol. The SMILES string of the molecule is Cc1ncccc1-c1noc(CF)c1-c1ccc(S(N)(=O)=O)c(F)c1. The molecule has 0 aliphatic carbocycles. The second-order valence-corrected chi connectivity index (χ2v) is 6.82. The minimum Gasteiger partial charge on any atom is -0.357 e. The summed E-state index contributed by atoms with van der Waals surface area (Å²) in [5.74, 6) is -1.14. The Kier molecular flexibility index (Phi) is 4.36. The Morgan fingerprint density at radius 3 is 2.64 bits per heavy atom. The van der Waals surface area contributed by atoms with Crippen LogP contribution in [0.25, 0.3) is 22.4 Å². The van der Waals surface area contributed by atoms with Gasteiger partial charge in [-0.25, -0.2) is 22.3 Å². The Morgan fingerprint density at radius 1 is 1.28 bits per heavy atom. The van der Waals surface area contributed by atoms with Crippen LogP contribution in [-0.2, 0) is 16.7 Å². The van der Waals surface area contributed by atoms with Gasteiger partial charge in [-0.1, -0.05) is 11.2 Å². The molecule has 0 aliphatic rings. The predicted octanol–water partition coefficient (Wildman–Crippen LogP) is 2.97. The zero-order chi connectivity index (χ0) is 18.2. The van der Waals surface area contributed by atoms with Crippen LogP contribution < -0.4 is 5.14 Å². The summed E-state index contributed by atoms with van der Waals surface area (Å²) in [4.78, 5) is 3.50. The largest absolute Gasteiger partial charge is 0.357 e. The topological polar surface area (TPSA) is 99.1 Å². The molecule has 0 atom stereocenters.